The highest BCUT2D eigenvalue weighted by Gasteiger charge is 2.21. The number of aromatic nitrogens is 1. The Morgan fingerprint density at radius 2 is 1.71 bits per heavy atom. The molecular weight excluding hydrogens is 382 g/mol. The number of rotatable bonds is 5. The molecule has 0 aliphatic rings. The van der Waals surface area contributed by atoms with Crippen LogP contribution in [-0.4, -0.2) is 11.6 Å². The Hall–Kier alpha value is -3.62. The van der Waals surface area contributed by atoms with E-state index in [2.05, 4.69) is 15.8 Å². The molecule has 28 heavy (non-hydrogen) atoms. The van der Waals surface area contributed by atoms with Gasteiger partial charge in [-0.3, -0.25) is 0 Å². The molecule has 138 valence electrons. The predicted octanol–water partition coefficient (Wildman–Crippen LogP) is 4.83. The Morgan fingerprint density at radius 3 is 2.36 bits per heavy atom. The molecule has 3 aromatic rings. The lowest BCUT2D eigenvalue weighted by Gasteiger charge is -2.14. The van der Waals surface area contributed by atoms with Crippen molar-refractivity contribution >= 4 is 17.6 Å². The van der Waals surface area contributed by atoms with Crippen molar-refractivity contribution in [1.82, 2.24) is 4.98 Å². The number of nitrogens with two attached hydrogens (primary N) is 1. The zero-order valence-corrected chi connectivity index (χ0v) is 15.1. The van der Waals surface area contributed by atoms with Gasteiger partial charge in [-0.15, -0.1) is 0 Å². The maximum absolute atomic E-state index is 12.6. The van der Waals surface area contributed by atoms with Gasteiger partial charge >= 0.3 is 6.61 Å². The number of halogens is 2. The van der Waals surface area contributed by atoms with Crippen molar-refractivity contribution in [2.75, 3.05) is 5.73 Å². The predicted molar refractivity (Wildman–Crippen MR) is 101 cm³/mol. The lowest BCUT2D eigenvalue weighted by atomic mass is 9.97. The Kier molecular flexibility index (Phi) is 5.73. The average molecular weight is 394 g/mol. The normalized spacial score (nSPS) is 10.3. The van der Waals surface area contributed by atoms with Crippen molar-refractivity contribution in [2.24, 2.45) is 0 Å². The van der Waals surface area contributed by atoms with Crippen molar-refractivity contribution in [3.05, 3.63) is 65.7 Å². The van der Waals surface area contributed by atoms with Crippen LogP contribution in [0.2, 0.25) is 0 Å². The smallest absolute Gasteiger partial charge is 0.387 e. The number of pyridine rings is 1. The quantitative estimate of drug-likeness (QED) is 0.666. The fraction of sp³-hybridized carbons (Fsp3) is 0.0500. The van der Waals surface area contributed by atoms with Crippen LogP contribution in [0.25, 0.3) is 11.1 Å². The number of hydrogen-bond donors (Lipinski definition) is 1. The molecule has 5 nitrogen and oxygen atoms in total. The number of hydrogen-bond acceptors (Lipinski definition) is 6. The van der Waals surface area contributed by atoms with Gasteiger partial charge in [0.25, 0.3) is 0 Å². The third-order valence-electron chi connectivity index (χ3n) is 3.72. The summed E-state index contributed by atoms with van der Waals surface area (Å²) in [4.78, 5) is 5.04. The van der Waals surface area contributed by atoms with Gasteiger partial charge in [0.15, 0.2) is 0 Å². The van der Waals surface area contributed by atoms with Crippen LogP contribution < -0.4 is 10.5 Å². The van der Waals surface area contributed by atoms with E-state index in [4.69, 9.17) is 5.73 Å². The van der Waals surface area contributed by atoms with Crippen molar-refractivity contribution in [3.8, 4) is 29.0 Å². The molecule has 0 unspecified atom stereocenters. The van der Waals surface area contributed by atoms with E-state index >= 15 is 0 Å². The van der Waals surface area contributed by atoms with Gasteiger partial charge in [0, 0.05) is 10.5 Å². The lowest BCUT2D eigenvalue weighted by Crippen LogP contribution is -2.04. The van der Waals surface area contributed by atoms with Crippen molar-refractivity contribution in [2.45, 2.75) is 16.5 Å². The average Bonchev–Trinajstić information content (AvgIpc) is 2.68. The molecule has 0 amide bonds. The summed E-state index contributed by atoms with van der Waals surface area (Å²) < 4.78 is 29.5. The molecule has 0 spiro atoms. The summed E-state index contributed by atoms with van der Waals surface area (Å²) in [5.41, 5.74) is 6.68. The molecule has 2 N–H and O–H groups in total. The molecule has 8 heteroatoms. The second kappa shape index (κ2) is 8.38. The monoisotopic (exact) mass is 394 g/mol. The maximum Gasteiger partial charge on any atom is 0.387 e. The molecule has 2 aromatic carbocycles. The molecule has 0 bridgehead atoms. The number of anilines is 1. The van der Waals surface area contributed by atoms with Crippen molar-refractivity contribution < 1.29 is 13.5 Å². The molecule has 0 atom stereocenters. The van der Waals surface area contributed by atoms with E-state index in [1.165, 1.54) is 30.0 Å². The van der Waals surface area contributed by atoms with E-state index in [1.807, 2.05) is 36.4 Å². The van der Waals surface area contributed by atoms with E-state index < -0.39 is 6.61 Å². The number of ether oxygens (including phenoxy) is 1. The van der Waals surface area contributed by atoms with Gasteiger partial charge in [-0.1, -0.05) is 42.1 Å². The first-order valence-electron chi connectivity index (χ1n) is 7.95. The largest absolute Gasteiger partial charge is 0.435 e. The minimum atomic E-state index is -2.99. The maximum atomic E-state index is 12.6. The van der Waals surface area contributed by atoms with Gasteiger partial charge in [-0.05, 0) is 29.8 Å². The van der Waals surface area contributed by atoms with Crippen LogP contribution in [0.4, 0.5) is 14.6 Å². The zero-order valence-electron chi connectivity index (χ0n) is 14.3. The highest BCUT2D eigenvalue weighted by atomic mass is 32.2. The molecule has 0 aliphatic heterocycles. The van der Waals surface area contributed by atoms with Gasteiger partial charge < -0.3 is 10.5 Å². The van der Waals surface area contributed by atoms with Gasteiger partial charge in [0.1, 0.15) is 34.3 Å². The Labute approximate surface area is 164 Å². The SMILES string of the molecule is N#Cc1c(N)nc(Sc2ccccc2)c(C#N)c1-c1cccc(OC(F)F)c1. The Balaban J connectivity index is 2.20. The Bertz CT molecular complexity index is 1090. The third kappa shape index (κ3) is 4.03. The van der Waals surface area contributed by atoms with E-state index in [-0.39, 0.29) is 28.3 Å². The molecule has 0 fully saturated rings. The molecule has 1 heterocycles. The van der Waals surface area contributed by atoms with Crippen molar-refractivity contribution in [3.63, 3.8) is 0 Å². The standard InChI is InChI=1S/C20H12F2N4OS/c21-20(22)27-13-6-4-5-12(9-13)17-15(10-23)18(25)26-19(16(17)11-24)28-14-7-2-1-3-8-14/h1-9,20H,(H2,25,26). The molecule has 0 aliphatic carbocycles. The second-order valence-corrected chi connectivity index (χ2v) is 6.53. The summed E-state index contributed by atoms with van der Waals surface area (Å²) >= 11 is 1.22. The van der Waals surface area contributed by atoms with Crippen LogP contribution in [0, 0.1) is 22.7 Å². The van der Waals surface area contributed by atoms with Crippen LogP contribution in [0.3, 0.4) is 0 Å². The summed E-state index contributed by atoms with van der Waals surface area (Å²) in [6, 6.07) is 19.0. The van der Waals surface area contributed by atoms with E-state index in [1.54, 1.807) is 6.07 Å². The van der Waals surface area contributed by atoms with Gasteiger partial charge in [-0.25, -0.2) is 4.98 Å². The zero-order chi connectivity index (χ0) is 20.1. The summed E-state index contributed by atoms with van der Waals surface area (Å²) in [7, 11) is 0. The van der Waals surface area contributed by atoms with Crippen LogP contribution in [-0.2, 0) is 0 Å². The van der Waals surface area contributed by atoms with Gasteiger partial charge in [0.05, 0.1) is 5.56 Å². The fourth-order valence-corrected chi connectivity index (χ4v) is 3.50. The second-order valence-electron chi connectivity index (χ2n) is 5.47. The minimum Gasteiger partial charge on any atom is -0.435 e. The summed E-state index contributed by atoms with van der Waals surface area (Å²) in [6.45, 7) is -2.99. The van der Waals surface area contributed by atoms with Crippen LogP contribution >= 0.6 is 11.8 Å². The van der Waals surface area contributed by atoms with E-state index in [0.29, 0.717) is 10.6 Å². The number of nitriles is 2. The minimum absolute atomic E-state index is 0.00292. The van der Waals surface area contributed by atoms with E-state index in [9.17, 15) is 19.3 Å². The lowest BCUT2D eigenvalue weighted by molar-refractivity contribution is -0.0498. The van der Waals surface area contributed by atoms with E-state index in [0.717, 1.165) is 4.90 Å². The molecule has 3 rings (SSSR count). The summed E-state index contributed by atoms with van der Waals surface area (Å²) in [5.74, 6) is -0.136. The van der Waals surface area contributed by atoms with Crippen LogP contribution in [0.15, 0.2) is 64.5 Å². The Morgan fingerprint density at radius 1 is 1.00 bits per heavy atom. The van der Waals surface area contributed by atoms with Crippen LogP contribution in [0.1, 0.15) is 11.1 Å². The molecule has 0 saturated heterocycles. The fourth-order valence-electron chi connectivity index (χ4n) is 2.59. The number of nitrogens with zero attached hydrogens (tertiary/aromatic N) is 3. The number of alkyl halides is 2. The molecule has 1 aromatic heterocycles. The van der Waals surface area contributed by atoms with Crippen LogP contribution in [0.5, 0.6) is 5.75 Å². The highest BCUT2D eigenvalue weighted by Crippen LogP contribution is 2.39. The highest BCUT2D eigenvalue weighted by molar-refractivity contribution is 7.99. The summed E-state index contributed by atoms with van der Waals surface area (Å²) in [6.07, 6.45) is 0. The van der Waals surface area contributed by atoms with Crippen molar-refractivity contribution in [1.29, 1.82) is 10.5 Å². The first-order valence-corrected chi connectivity index (χ1v) is 8.77. The molecular formula is C20H12F2N4OS. The van der Waals surface area contributed by atoms with Gasteiger partial charge in [-0.2, -0.15) is 19.3 Å². The summed E-state index contributed by atoms with van der Waals surface area (Å²) in [5, 5.41) is 19.6. The first kappa shape index (κ1) is 19.2. The van der Waals surface area contributed by atoms with Gasteiger partial charge in [0.2, 0.25) is 0 Å². The number of nitrogen functional groups attached to an aromatic ring is 1. The third-order valence-corrected chi connectivity index (χ3v) is 4.72. The first-order chi connectivity index (χ1) is 13.5. The molecule has 0 radical (unpaired) electrons. The molecule has 0 saturated carbocycles. The topological polar surface area (TPSA) is 95.7 Å². The number of benzene rings is 2.